The van der Waals surface area contributed by atoms with Crippen molar-refractivity contribution in [2.75, 3.05) is 27.2 Å². The van der Waals surface area contributed by atoms with Gasteiger partial charge in [0.2, 0.25) is 10.0 Å². The van der Waals surface area contributed by atoms with Crippen LogP contribution in [0.3, 0.4) is 0 Å². The number of benzene rings is 1. The minimum absolute atomic E-state index is 0.215. The van der Waals surface area contributed by atoms with Crippen LogP contribution in [0.15, 0.2) is 29.2 Å². The molecule has 0 aliphatic heterocycles. The maximum absolute atomic E-state index is 11.8. The number of ether oxygens (including phenoxy) is 1. The van der Waals surface area contributed by atoms with E-state index in [0.29, 0.717) is 18.9 Å². The molecule has 0 aromatic heterocycles. The Bertz CT molecular complexity index is 443. The number of hydrogen-bond acceptors (Lipinski definition) is 4. The van der Waals surface area contributed by atoms with Crippen LogP contribution in [0, 0.1) is 0 Å². The molecule has 1 aromatic carbocycles. The van der Waals surface area contributed by atoms with Crippen LogP contribution in [0.2, 0.25) is 0 Å². The third-order valence-electron chi connectivity index (χ3n) is 1.97. The SMILES string of the molecule is CN(C)S(=O)(=O)c1cccc(OCCN)c1. The molecule has 5 nitrogen and oxygen atoms in total. The fraction of sp³-hybridized carbons (Fsp3) is 0.400. The van der Waals surface area contributed by atoms with Crippen molar-refractivity contribution in [3.63, 3.8) is 0 Å². The molecule has 0 radical (unpaired) electrons. The van der Waals surface area contributed by atoms with E-state index in [9.17, 15) is 8.42 Å². The summed E-state index contributed by atoms with van der Waals surface area (Å²) < 4.78 is 30.0. The molecule has 0 amide bonds. The second-order valence-corrected chi connectivity index (χ2v) is 5.55. The first-order valence-corrected chi connectivity index (χ1v) is 6.28. The van der Waals surface area contributed by atoms with Gasteiger partial charge in [0.15, 0.2) is 0 Å². The van der Waals surface area contributed by atoms with Crippen LogP contribution in [0.5, 0.6) is 5.75 Å². The van der Waals surface area contributed by atoms with Crippen LogP contribution in [0.1, 0.15) is 0 Å². The number of hydrogen-bond donors (Lipinski definition) is 1. The highest BCUT2D eigenvalue weighted by Crippen LogP contribution is 2.19. The lowest BCUT2D eigenvalue weighted by molar-refractivity contribution is 0.327. The maximum atomic E-state index is 11.8. The molecule has 0 saturated heterocycles. The molecule has 16 heavy (non-hydrogen) atoms. The Morgan fingerprint density at radius 3 is 2.62 bits per heavy atom. The average Bonchev–Trinajstić information content (AvgIpc) is 2.26. The Kier molecular flexibility index (Phi) is 4.28. The molecule has 0 atom stereocenters. The molecule has 0 fully saturated rings. The number of rotatable bonds is 5. The summed E-state index contributed by atoms with van der Waals surface area (Å²) in [5.41, 5.74) is 5.30. The second kappa shape index (κ2) is 5.29. The molecular formula is C10H16N2O3S. The lowest BCUT2D eigenvalue weighted by atomic mass is 10.3. The van der Waals surface area contributed by atoms with Crippen LogP contribution >= 0.6 is 0 Å². The third kappa shape index (κ3) is 2.94. The van der Waals surface area contributed by atoms with Crippen molar-refractivity contribution in [3.8, 4) is 5.75 Å². The molecule has 0 aliphatic carbocycles. The quantitative estimate of drug-likeness (QED) is 0.807. The Hall–Kier alpha value is -1.11. The van der Waals surface area contributed by atoms with E-state index in [4.69, 9.17) is 10.5 Å². The fourth-order valence-electron chi connectivity index (χ4n) is 1.11. The van der Waals surface area contributed by atoms with Gasteiger partial charge in [-0.1, -0.05) is 6.07 Å². The number of nitrogens with zero attached hydrogens (tertiary/aromatic N) is 1. The first-order valence-electron chi connectivity index (χ1n) is 4.84. The Morgan fingerprint density at radius 1 is 1.38 bits per heavy atom. The van der Waals surface area contributed by atoms with Crippen molar-refractivity contribution in [2.24, 2.45) is 5.73 Å². The van der Waals surface area contributed by atoms with Crippen molar-refractivity contribution >= 4 is 10.0 Å². The standard InChI is InChI=1S/C10H16N2O3S/c1-12(2)16(13,14)10-5-3-4-9(8-10)15-7-6-11/h3-5,8H,6-7,11H2,1-2H3. The lowest BCUT2D eigenvalue weighted by Crippen LogP contribution is -2.22. The fourth-order valence-corrected chi connectivity index (χ4v) is 2.05. The van der Waals surface area contributed by atoms with Gasteiger partial charge in [0.25, 0.3) is 0 Å². The van der Waals surface area contributed by atoms with Crippen molar-refractivity contribution in [3.05, 3.63) is 24.3 Å². The van der Waals surface area contributed by atoms with E-state index < -0.39 is 10.0 Å². The highest BCUT2D eigenvalue weighted by atomic mass is 32.2. The predicted octanol–water partition coefficient (Wildman–Crippen LogP) is 0.274. The molecule has 0 saturated carbocycles. The van der Waals surface area contributed by atoms with Gasteiger partial charge in [-0.3, -0.25) is 0 Å². The molecule has 6 heteroatoms. The zero-order valence-electron chi connectivity index (χ0n) is 9.38. The van der Waals surface area contributed by atoms with Gasteiger partial charge in [0, 0.05) is 26.7 Å². The van der Waals surface area contributed by atoms with E-state index in [0.717, 1.165) is 4.31 Å². The van der Waals surface area contributed by atoms with Crippen molar-refractivity contribution in [2.45, 2.75) is 4.90 Å². The molecule has 0 spiro atoms. The van der Waals surface area contributed by atoms with Gasteiger partial charge in [-0.25, -0.2) is 12.7 Å². The van der Waals surface area contributed by atoms with E-state index in [1.165, 1.54) is 26.2 Å². The summed E-state index contributed by atoms with van der Waals surface area (Å²) in [6.07, 6.45) is 0. The Morgan fingerprint density at radius 2 is 2.06 bits per heavy atom. The van der Waals surface area contributed by atoms with Gasteiger partial charge in [-0.05, 0) is 12.1 Å². The van der Waals surface area contributed by atoms with Crippen LogP contribution in [0.25, 0.3) is 0 Å². The normalized spacial score (nSPS) is 11.8. The monoisotopic (exact) mass is 244 g/mol. The largest absolute Gasteiger partial charge is 0.492 e. The van der Waals surface area contributed by atoms with Crippen molar-refractivity contribution in [1.29, 1.82) is 0 Å². The van der Waals surface area contributed by atoms with Gasteiger partial charge in [-0.2, -0.15) is 0 Å². The molecule has 90 valence electrons. The van der Waals surface area contributed by atoms with E-state index in [1.54, 1.807) is 12.1 Å². The summed E-state index contributed by atoms with van der Waals surface area (Å²) in [7, 11) is -0.425. The van der Waals surface area contributed by atoms with E-state index >= 15 is 0 Å². The molecule has 2 N–H and O–H groups in total. The van der Waals surface area contributed by atoms with Gasteiger partial charge < -0.3 is 10.5 Å². The van der Waals surface area contributed by atoms with E-state index in [1.807, 2.05) is 0 Å². The minimum atomic E-state index is -3.40. The zero-order valence-corrected chi connectivity index (χ0v) is 10.2. The molecule has 1 rings (SSSR count). The Labute approximate surface area is 95.9 Å². The summed E-state index contributed by atoms with van der Waals surface area (Å²) in [6, 6.07) is 6.36. The van der Waals surface area contributed by atoms with Crippen LogP contribution in [0.4, 0.5) is 0 Å². The van der Waals surface area contributed by atoms with E-state index in [-0.39, 0.29) is 4.90 Å². The highest BCUT2D eigenvalue weighted by Gasteiger charge is 2.17. The predicted molar refractivity (Wildman–Crippen MR) is 61.9 cm³/mol. The van der Waals surface area contributed by atoms with Gasteiger partial charge in [-0.15, -0.1) is 0 Å². The summed E-state index contributed by atoms with van der Waals surface area (Å²) in [5, 5.41) is 0. The van der Waals surface area contributed by atoms with Gasteiger partial charge >= 0.3 is 0 Å². The minimum Gasteiger partial charge on any atom is -0.492 e. The number of nitrogens with two attached hydrogens (primary N) is 1. The molecule has 0 unspecified atom stereocenters. The van der Waals surface area contributed by atoms with Gasteiger partial charge in [0.1, 0.15) is 12.4 Å². The lowest BCUT2D eigenvalue weighted by Gasteiger charge is -2.12. The highest BCUT2D eigenvalue weighted by molar-refractivity contribution is 7.89. The van der Waals surface area contributed by atoms with Crippen molar-refractivity contribution in [1.82, 2.24) is 4.31 Å². The summed E-state index contributed by atoms with van der Waals surface area (Å²) in [4.78, 5) is 0.215. The first kappa shape index (κ1) is 13.0. The smallest absolute Gasteiger partial charge is 0.242 e. The zero-order chi connectivity index (χ0) is 12.2. The molecule has 0 aliphatic rings. The topological polar surface area (TPSA) is 72.6 Å². The molecule has 0 heterocycles. The van der Waals surface area contributed by atoms with Gasteiger partial charge in [0.05, 0.1) is 4.90 Å². The van der Waals surface area contributed by atoms with E-state index in [2.05, 4.69) is 0 Å². The van der Waals surface area contributed by atoms with Crippen LogP contribution < -0.4 is 10.5 Å². The summed E-state index contributed by atoms with van der Waals surface area (Å²) >= 11 is 0. The van der Waals surface area contributed by atoms with Crippen molar-refractivity contribution < 1.29 is 13.2 Å². The molecule has 1 aromatic rings. The maximum Gasteiger partial charge on any atom is 0.242 e. The van der Waals surface area contributed by atoms with Crippen LogP contribution in [-0.2, 0) is 10.0 Å². The second-order valence-electron chi connectivity index (χ2n) is 3.40. The third-order valence-corrected chi connectivity index (χ3v) is 3.78. The molecule has 0 bridgehead atoms. The summed E-state index contributed by atoms with van der Waals surface area (Å²) in [5.74, 6) is 0.508. The summed E-state index contributed by atoms with van der Waals surface area (Å²) in [6.45, 7) is 0.760. The Balaban J connectivity index is 2.99. The first-order chi connectivity index (χ1) is 7.48. The molecular weight excluding hydrogens is 228 g/mol. The average molecular weight is 244 g/mol. The number of sulfonamides is 1. The van der Waals surface area contributed by atoms with Crippen LogP contribution in [-0.4, -0.2) is 40.0 Å².